The number of carbonyl (C=O) groups excluding carboxylic acids is 1. The molecule has 11 heteroatoms. The molecule has 190 valence electrons. The molecule has 2 aliphatic carbocycles. The van der Waals surface area contributed by atoms with Crippen LogP contribution in [0.5, 0.6) is 5.75 Å². The normalized spacial score (nSPS) is 22.3. The van der Waals surface area contributed by atoms with E-state index in [9.17, 15) is 19.1 Å². The number of pyridine rings is 1. The number of nitrogens with zero attached hydrogens (tertiary/aromatic N) is 5. The Morgan fingerprint density at radius 3 is 2.71 bits per heavy atom. The highest BCUT2D eigenvalue weighted by molar-refractivity contribution is 5.77. The number of carboxylic acid groups (broad SMARTS) is 1. The third-order valence-electron chi connectivity index (χ3n) is 6.95. The molecule has 2 saturated carbocycles. The van der Waals surface area contributed by atoms with Gasteiger partial charge < -0.3 is 19.5 Å². The molecule has 2 aliphatic rings. The van der Waals surface area contributed by atoms with Crippen molar-refractivity contribution in [3.05, 3.63) is 23.5 Å². The third kappa shape index (κ3) is 5.54. The van der Waals surface area contributed by atoms with Gasteiger partial charge in [0.25, 0.3) is 0 Å². The summed E-state index contributed by atoms with van der Waals surface area (Å²) in [7, 11) is 3.46. The molecular weight excluding hydrogens is 457 g/mol. The molecule has 0 radical (unpaired) electrons. The highest BCUT2D eigenvalue weighted by Gasteiger charge is 2.44. The minimum Gasteiger partial charge on any atom is -0.488 e. The van der Waals surface area contributed by atoms with Crippen LogP contribution in [-0.4, -0.2) is 67.4 Å². The summed E-state index contributed by atoms with van der Waals surface area (Å²) >= 11 is 0. The molecule has 0 aliphatic heterocycles. The smallest absolute Gasteiger partial charge is 0.409 e. The van der Waals surface area contributed by atoms with E-state index in [0.29, 0.717) is 53.8 Å². The Kier molecular flexibility index (Phi) is 7.23. The average molecular weight is 490 g/mol. The number of amides is 1. The average Bonchev–Trinajstić information content (AvgIpc) is 3.16. The fourth-order valence-corrected chi connectivity index (χ4v) is 4.57. The first-order valence-electron chi connectivity index (χ1n) is 12.0. The van der Waals surface area contributed by atoms with Crippen molar-refractivity contribution in [1.82, 2.24) is 24.9 Å². The Balaban J connectivity index is 1.42. The highest BCUT2D eigenvalue weighted by Crippen LogP contribution is 2.35. The highest BCUT2D eigenvalue weighted by atomic mass is 19.1. The van der Waals surface area contributed by atoms with Gasteiger partial charge in [-0.15, -0.1) is 5.10 Å². The number of carboxylic acids is 1. The lowest BCUT2D eigenvalue weighted by Gasteiger charge is -2.32. The molecule has 35 heavy (non-hydrogen) atoms. The summed E-state index contributed by atoms with van der Waals surface area (Å²) in [5, 5.41) is 17.4. The van der Waals surface area contributed by atoms with Crippen molar-refractivity contribution in [3.63, 3.8) is 0 Å². The van der Waals surface area contributed by atoms with Crippen molar-refractivity contribution in [3.8, 4) is 17.1 Å². The van der Waals surface area contributed by atoms with Crippen LogP contribution >= 0.6 is 0 Å². The van der Waals surface area contributed by atoms with Crippen LogP contribution in [0, 0.1) is 12.8 Å². The van der Waals surface area contributed by atoms with Crippen molar-refractivity contribution in [2.45, 2.75) is 70.2 Å². The summed E-state index contributed by atoms with van der Waals surface area (Å²) in [6.07, 6.45) is 3.39. The summed E-state index contributed by atoms with van der Waals surface area (Å²) in [6.45, 7) is 2.45. The number of alkyl halides is 1. The van der Waals surface area contributed by atoms with Gasteiger partial charge >= 0.3 is 12.1 Å². The Bertz CT molecular complexity index is 1090. The minimum atomic E-state index is -2.26. The van der Waals surface area contributed by atoms with Gasteiger partial charge in [-0.05, 0) is 57.1 Å². The number of halogens is 1. The van der Waals surface area contributed by atoms with E-state index < -0.39 is 23.8 Å². The van der Waals surface area contributed by atoms with Gasteiger partial charge in [0, 0.05) is 27.1 Å². The molecule has 0 aromatic carbocycles. The lowest BCUT2D eigenvalue weighted by atomic mass is 9.84. The molecule has 0 unspecified atom stereocenters. The lowest BCUT2D eigenvalue weighted by molar-refractivity contribution is -0.155. The zero-order valence-corrected chi connectivity index (χ0v) is 20.4. The number of hydrogen-bond donors (Lipinski definition) is 1. The number of hydrogen-bond acceptors (Lipinski definition) is 7. The second-order valence-electron chi connectivity index (χ2n) is 9.63. The topological polar surface area (TPSA) is 120 Å². The van der Waals surface area contributed by atoms with Crippen molar-refractivity contribution >= 4 is 12.1 Å². The van der Waals surface area contributed by atoms with Crippen molar-refractivity contribution in [2.75, 3.05) is 13.6 Å². The molecule has 2 aromatic rings. The number of ether oxygens (including phenoxy) is 2. The van der Waals surface area contributed by atoms with Gasteiger partial charge in [-0.3, -0.25) is 0 Å². The van der Waals surface area contributed by atoms with Crippen LogP contribution in [0.4, 0.5) is 9.18 Å². The number of carbonyl (C=O) groups is 2. The monoisotopic (exact) mass is 489 g/mol. The summed E-state index contributed by atoms with van der Waals surface area (Å²) in [5.74, 6) is -0.433. The van der Waals surface area contributed by atoms with E-state index in [1.54, 1.807) is 42.7 Å². The molecular formula is C24H32FN5O5. The quantitative estimate of drug-likeness (QED) is 0.597. The summed E-state index contributed by atoms with van der Waals surface area (Å²) in [4.78, 5) is 29.9. The fourth-order valence-electron chi connectivity index (χ4n) is 4.57. The van der Waals surface area contributed by atoms with Gasteiger partial charge in [-0.25, -0.2) is 23.6 Å². The van der Waals surface area contributed by atoms with E-state index in [0.717, 1.165) is 12.8 Å². The summed E-state index contributed by atoms with van der Waals surface area (Å²) in [6, 6.07) is 3.42. The predicted octanol–water partition coefficient (Wildman–Crippen LogP) is 3.67. The number of aryl methyl sites for hydroxylation is 2. The summed E-state index contributed by atoms with van der Waals surface area (Å²) < 4.78 is 27.6. The maximum absolute atomic E-state index is 14.6. The van der Waals surface area contributed by atoms with Crippen LogP contribution in [0.25, 0.3) is 11.4 Å². The van der Waals surface area contributed by atoms with E-state index in [1.807, 2.05) is 0 Å². The Labute approximate surface area is 203 Å². The lowest BCUT2D eigenvalue weighted by Crippen LogP contribution is -2.42. The zero-order chi connectivity index (χ0) is 25.2. The SMILES string of the molecule is Cc1nc(-c2nnn(C)c2COC(=O)N(C)CC2CCC2)ccc1O[C@H]1CCC[C@](F)(C(=O)O)C1. The molecule has 0 bridgehead atoms. The van der Waals surface area contributed by atoms with E-state index in [4.69, 9.17) is 9.47 Å². The van der Waals surface area contributed by atoms with E-state index >= 15 is 0 Å². The van der Waals surface area contributed by atoms with Crippen LogP contribution in [0.1, 0.15) is 56.3 Å². The predicted molar refractivity (Wildman–Crippen MR) is 123 cm³/mol. The molecule has 2 heterocycles. The maximum Gasteiger partial charge on any atom is 0.409 e. The molecule has 1 N–H and O–H groups in total. The summed E-state index contributed by atoms with van der Waals surface area (Å²) in [5.41, 5.74) is -0.0791. The first-order valence-corrected chi connectivity index (χ1v) is 12.0. The van der Waals surface area contributed by atoms with Gasteiger partial charge in [0.15, 0.2) is 0 Å². The largest absolute Gasteiger partial charge is 0.488 e. The van der Waals surface area contributed by atoms with Crippen LogP contribution in [-0.2, 0) is 23.2 Å². The van der Waals surface area contributed by atoms with Crippen LogP contribution < -0.4 is 4.74 Å². The molecule has 0 spiro atoms. The van der Waals surface area contributed by atoms with Gasteiger partial charge in [-0.1, -0.05) is 11.6 Å². The van der Waals surface area contributed by atoms with Gasteiger partial charge in [0.05, 0.1) is 11.4 Å². The Morgan fingerprint density at radius 1 is 1.29 bits per heavy atom. The molecule has 4 rings (SSSR count). The van der Waals surface area contributed by atoms with Crippen molar-refractivity contribution in [1.29, 1.82) is 0 Å². The molecule has 2 fully saturated rings. The van der Waals surface area contributed by atoms with Crippen LogP contribution in [0.15, 0.2) is 12.1 Å². The Morgan fingerprint density at radius 2 is 2.06 bits per heavy atom. The number of aromatic nitrogens is 4. The van der Waals surface area contributed by atoms with Crippen molar-refractivity contribution < 1.29 is 28.6 Å². The minimum absolute atomic E-state index is 0.00149. The number of aliphatic carboxylic acids is 1. The number of rotatable bonds is 8. The first-order chi connectivity index (χ1) is 16.7. The van der Waals surface area contributed by atoms with E-state index in [1.165, 1.54) is 6.42 Å². The second kappa shape index (κ2) is 10.2. The zero-order valence-electron chi connectivity index (χ0n) is 20.4. The van der Waals surface area contributed by atoms with E-state index in [-0.39, 0.29) is 19.4 Å². The first kappa shape index (κ1) is 24.9. The molecule has 2 aromatic heterocycles. The van der Waals surface area contributed by atoms with Crippen molar-refractivity contribution in [2.24, 2.45) is 13.0 Å². The van der Waals surface area contributed by atoms with Crippen LogP contribution in [0.3, 0.4) is 0 Å². The molecule has 10 nitrogen and oxygen atoms in total. The Hall–Kier alpha value is -3.24. The van der Waals surface area contributed by atoms with Gasteiger partial charge in [0.2, 0.25) is 5.67 Å². The fraction of sp³-hybridized carbons (Fsp3) is 0.625. The second-order valence-corrected chi connectivity index (χ2v) is 9.63. The van der Waals surface area contributed by atoms with Gasteiger partial charge in [0.1, 0.15) is 29.8 Å². The van der Waals surface area contributed by atoms with Gasteiger partial charge in [-0.2, -0.15) is 0 Å². The molecule has 1 amide bonds. The molecule has 0 saturated heterocycles. The van der Waals surface area contributed by atoms with Crippen LogP contribution in [0.2, 0.25) is 0 Å². The third-order valence-corrected chi connectivity index (χ3v) is 6.95. The molecule has 2 atom stereocenters. The standard InChI is InChI=1S/C24H32FN5O5/c1-15-20(35-17-8-5-11-24(25,12-17)22(31)32)10-9-18(26-15)21-19(30(3)28-27-21)14-34-23(33)29(2)13-16-6-4-7-16/h9-10,16-17H,4-8,11-14H2,1-3H3,(H,31,32)/t17-,24+/m0/s1. The van der Waals surface area contributed by atoms with E-state index in [2.05, 4.69) is 15.3 Å². The maximum atomic E-state index is 14.6.